The van der Waals surface area contributed by atoms with E-state index in [2.05, 4.69) is 15.0 Å². The summed E-state index contributed by atoms with van der Waals surface area (Å²) in [6.07, 6.45) is 3.25. The van der Waals surface area contributed by atoms with Gasteiger partial charge in [0.2, 0.25) is 0 Å². The van der Waals surface area contributed by atoms with E-state index in [0.29, 0.717) is 16.1 Å². The predicted molar refractivity (Wildman–Crippen MR) is 98.0 cm³/mol. The Bertz CT molecular complexity index is 934. The number of nitrogens with one attached hydrogen (secondary N) is 1. The number of carbonyl (C=O) groups excluding carboxylic acids is 2. The number of ether oxygens (including phenoxy) is 1. The number of esters is 1. The third-order valence-electron chi connectivity index (χ3n) is 3.61. The highest BCUT2D eigenvalue weighted by atomic mass is 32.1. The maximum atomic E-state index is 12.5. The van der Waals surface area contributed by atoms with Crippen LogP contribution in [0.1, 0.15) is 26.3 Å². The number of aryl methyl sites for hydroxylation is 1. The van der Waals surface area contributed by atoms with E-state index < -0.39 is 5.97 Å². The third-order valence-corrected chi connectivity index (χ3v) is 4.45. The van der Waals surface area contributed by atoms with Gasteiger partial charge in [-0.05, 0) is 24.6 Å². The minimum atomic E-state index is -0.431. The molecule has 25 heavy (non-hydrogen) atoms. The summed E-state index contributed by atoms with van der Waals surface area (Å²) >= 11 is 1.27. The van der Waals surface area contributed by atoms with Gasteiger partial charge in [-0.2, -0.15) is 0 Å². The average molecular weight is 352 g/mol. The first-order chi connectivity index (χ1) is 12.1. The van der Waals surface area contributed by atoms with Crippen molar-refractivity contribution in [2.24, 2.45) is 0 Å². The number of carbonyl (C=O) groups is 2. The second kappa shape index (κ2) is 7.27. The van der Waals surface area contributed by atoms with Crippen LogP contribution in [0.25, 0.3) is 11.1 Å². The molecule has 6 heteroatoms. The van der Waals surface area contributed by atoms with Crippen LogP contribution in [0.5, 0.6) is 0 Å². The molecular formula is C19H16N2O3S. The summed E-state index contributed by atoms with van der Waals surface area (Å²) in [6, 6.07) is 11.4. The predicted octanol–water partition coefficient (Wildman–Crippen LogP) is 4.16. The van der Waals surface area contributed by atoms with E-state index in [1.54, 1.807) is 23.7 Å². The van der Waals surface area contributed by atoms with Gasteiger partial charge in [0.15, 0.2) is 0 Å². The maximum Gasteiger partial charge on any atom is 0.338 e. The van der Waals surface area contributed by atoms with Crippen LogP contribution in [0, 0.1) is 6.92 Å². The quantitative estimate of drug-likeness (QED) is 0.716. The highest BCUT2D eigenvalue weighted by Crippen LogP contribution is 2.23. The number of hydrogen-bond acceptors (Lipinski definition) is 5. The van der Waals surface area contributed by atoms with Crippen molar-refractivity contribution in [1.29, 1.82) is 0 Å². The number of aromatic nitrogens is 1. The van der Waals surface area contributed by atoms with Crippen LogP contribution < -0.4 is 5.32 Å². The minimum Gasteiger partial charge on any atom is -0.465 e. The Hall–Kier alpha value is -2.99. The summed E-state index contributed by atoms with van der Waals surface area (Å²) in [5, 5.41) is 5.00. The summed E-state index contributed by atoms with van der Waals surface area (Å²) in [6.45, 7) is 2.02. The molecule has 3 aromatic rings. The number of rotatable bonds is 4. The topological polar surface area (TPSA) is 68.3 Å². The molecule has 1 aromatic carbocycles. The first kappa shape index (κ1) is 16.9. The lowest BCUT2D eigenvalue weighted by Gasteiger charge is -2.06. The number of anilines is 1. The first-order valence-corrected chi connectivity index (χ1v) is 8.45. The van der Waals surface area contributed by atoms with E-state index in [-0.39, 0.29) is 5.91 Å². The molecule has 1 amide bonds. The van der Waals surface area contributed by atoms with Gasteiger partial charge in [0.1, 0.15) is 0 Å². The normalized spacial score (nSPS) is 10.3. The molecule has 1 N–H and O–H groups in total. The van der Waals surface area contributed by atoms with Crippen molar-refractivity contribution in [3.05, 3.63) is 70.9 Å². The summed E-state index contributed by atoms with van der Waals surface area (Å²) < 4.78 is 4.66. The van der Waals surface area contributed by atoms with Crippen LogP contribution in [0.15, 0.2) is 54.2 Å². The van der Waals surface area contributed by atoms with Gasteiger partial charge in [-0.25, -0.2) is 4.79 Å². The van der Waals surface area contributed by atoms with Crippen LogP contribution in [0.2, 0.25) is 0 Å². The fourth-order valence-electron chi connectivity index (χ4n) is 2.36. The number of methoxy groups -OCH3 is 1. The second-order valence-electron chi connectivity index (χ2n) is 5.48. The number of nitrogens with zero attached hydrogens (tertiary/aromatic N) is 1. The van der Waals surface area contributed by atoms with E-state index in [0.717, 1.165) is 16.7 Å². The molecule has 0 saturated heterocycles. The van der Waals surface area contributed by atoms with Crippen molar-refractivity contribution in [3.8, 4) is 11.1 Å². The highest BCUT2D eigenvalue weighted by Gasteiger charge is 2.13. The summed E-state index contributed by atoms with van der Waals surface area (Å²) in [4.78, 5) is 28.1. The summed E-state index contributed by atoms with van der Waals surface area (Å²) in [7, 11) is 1.32. The Morgan fingerprint density at radius 1 is 1.08 bits per heavy atom. The molecule has 0 spiro atoms. The fourth-order valence-corrected chi connectivity index (χ4v) is 3.12. The number of hydrogen-bond donors (Lipinski definition) is 1. The SMILES string of the molecule is COC(=O)c1csc(NC(=O)c2cncc(-c3cccc(C)c3)c2)c1. The van der Waals surface area contributed by atoms with Gasteiger partial charge in [-0.3, -0.25) is 9.78 Å². The molecule has 0 unspecified atom stereocenters. The zero-order chi connectivity index (χ0) is 17.8. The first-order valence-electron chi connectivity index (χ1n) is 7.57. The Kier molecular flexibility index (Phi) is 4.90. The maximum absolute atomic E-state index is 12.5. The monoisotopic (exact) mass is 352 g/mol. The van der Waals surface area contributed by atoms with E-state index in [9.17, 15) is 9.59 Å². The molecule has 126 valence electrons. The molecule has 0 fully saturated rings. The van der Waals surface area contributed by atoms with E-state index in [1.165, 1.54) is 24.6 Å². The zero-order valence-corrected chi connectivity index (χ0v) is 14.6. The Morgan fingerprint density at radius 2 is 1.92 bits per heavy atom. The number of pyridine rings is 1. The molecule has 0 atom stereocenters. The van der Waals surface area contributed by atoms with Crippen molar-refractivity contribution in [3.63, 3.8) is 0 Å². The number of benzene rings is 1. The second-order valence-corrected chi connectivity index (χ2v) is 6.39. The van der Waals surface area contributed by atoms with Crippen molar-refractivity contribution >= 4 is 28.2 Å². The molecule has 0 radical (unpaired) electrons. The molecule has 2 aromatic heterocycles. The van der Waals surface area contributed by atoms with E-state index >= 15 is 0 Å². The number of amides is 1. The van der Waals surface area contributed by atoms with Crippen molar-refractivity contribution in [2.75, 3.05) is 12.4 Å². The van der Waals surface area contributed by atoms with Gasteiger partial charge in [0.25, 0.3) is 5.91 Å². The van der Waals surface area contributed by atoms with Crippen molar-refractivity contribution in [1.82, 2.24) is 4.98 Å². The zero-order valence-electron chi connectivity index (χ0n) is 13.8. The van der Waals surface area contributed by atoms with Gasteiger partial charge in [0, 0.05) is 23.3 Å². The van der Waals surface area contributed by atoms with Gasteiger partial charge in [0.05, 0.1) is 23.2 Å². The van der Waals surface area contributed by atoms with Crippen LogP contribution >= 0.6 is 11.3 Å². The molecule has 3 rings (SSSR count). The van der Waals surface area contributed by atoms with Crippen molar-refractivity contribution < 1.29 is 14.3 Å². The lowest BCUT2D eigenvalue weighted by atomic mass is 10.0. The van der Waals surface area contributed by atoms with Crippen LogP contribution in [-0.2, 0) is 4.74 Å². The smallest absolute Gasteiger partial charge is 0.338 e. The fraction of sp³-hybridized carbons (Fsp3) is 0.105. The lowest BCUT2D eigenvalue weighted by molar-refractivity contribution is 0.0601. The third kappa shape index (κ3) is 3.92. The Balaban J connectivity index is 1.80. The van der Waals surface area contributed by atoms with Crippen molar-refractivity contribution in [2.45, 2.75) is 6.92 Å². The average Bonchev–Trinajstić information content (AvgIpc) is 3.09. The van der Waals surface area contributed by atoms with Gasteiger partial charge in [-0.15, -0.1) is 11.3 Å². The van der Waals surface area contributed by atoms with Crippen LogP contribution in [0.4, 0.5) is 5.00 Å². The van der Waals surface area contributed by atoms with E-state index in [1.807, 2.05) is 31.2 Å². The van der Waals surface area contributed by atoms with Gasteiger partial charge >= 0.3 is 5.97 Å². The molecule has 2 heterocycles. The minimum absolute atomic E-state index is 0.278. The molecule has 0 aliphatic carbocycles. The summed E-state index contributed by atoms with van der Waals surface area (Å²) in [5.74, 6) is -0.708. The molecule has 5 nitrogen and oxygen atoms in total. The van der Waals surface area contributed by atoms with Gasteiger partial charge in [-0.1, -0.05) is 29.8 Å². The number of thiophene rings is 1. The highest BCUT2D eigenvalue weighted by molar-refractivity contribution is 7.14. The van der Waals surface area contributed by atoms with Gasteiger partial charge < -0.3 is 10.1 Å². The van der Waals surface area contributed by atoms with E-state index in [4.69, 9.17) is 0 Å². The molecule has 0 saturated carbocycles. The molecule has 0 aliphatic heterocycles. The van der Waals surface area contributed by atoms with Crippen LogP contribution in [0.3, 0.4) is 0 Å². The summed E-state index contributed by atoms with van der Waals surface area (Å²) in [5.41, 5.74) is 3.88. The molecule has 0 bridgehead atoms. The molecular weight excluding hydrogens is 336 g/mol. The lowest BCUT2D eigenvalue weighted by Crippen LogP contribution is -2.11. The largest absolute Gasteiger partial charge is 0.465 e. The Morgan fingerprint density at radius 3 is 2.68 bits per heavy atom. The van der Waals surface area contributed by atoms with Crippen LogP contribution in [-0.4, -0.2) is 24.0 Å². The molecule has 0 aliphatic rings. The standard InChI is InChI=1S/C19H16N2O3S/c1-12-4-3-5-13(6-12)14-7-15(10-20-9-14)18(22)21-17-8-16(11-25-17)19(23)24-2/h3-11H,1-2H3,(H,21,22). The Labute approximate surface area is 149 Å².